The highest BCUT2D eigenvalue weighted by atomic mass is 35.5. The van der Waals surface area contributed by atoms with Crippen molar-refractivity contribution in [3.63, 3.8) is 0 Å². The summed E-state index contributed by atoms with van der Waals surface area (Å²) in [5.74, 6) is -0.245. The molecular weight excluding hydrogens is 350 g/mol. The van der Waals surface area contributed by atoms with Crippen molar-refractivity contribution in [2.45, 2.75) is 19.8 Å². The monoisotopic (exact) mass is 369 g/mol. The maximum absolute atomic E-state index is 12.5. The lowest BCUT2D eigenvalue weighted by atomic mass is 10.1. The minimum atomic E-state index is -0.160. The highest BCUT2D eigenvalue weighted by Gasteiger charge is 2.19. The lowest BCUT2D eigenvalue weighted by molar-refractivity contribution is -0.119. The van der Waals surface area contributed by atoms with E-state index in [1.165, 1.54) is 0 Å². The Morgan fingerprint density at radius 2 is 2.04 bits per heavy atom. The number of anilines is 1. The van der Waals surface area contributed by atoms with Crippen molar-refractivity contribution >= 4 is 46.4 Å². The van der Waals surface area contributed by atoms with Gasteiger partial charge in [-0.2, -0.15) is 0 Å². The molecule has 1 heterocycles. The first-order valence-electron chi connectivity index (χ1n) is 7.78. The van der Waals surface area contributed by atoms with Gasteiger partial charge in [-0.1, -0.05) is 18.5 Å². The molecule has 0 spiro atoms. The summed E-state index contributed by atoms with van der Waals surface area (Å²) < 4.78 is 5.25. The summed E-state index contributed by atoms with van der Waals surface area (Å²) >= 11 is 11.3. The van der Waals surface area contributed by atoms with Crippen molar-refractivity contribution in [1.82, 2.24) is 10.2 Å². The minimum Gasteiger partial charge on any atom is -0.378 e. The predicted molar refractivity (Wildman–Crippen MR) is 97.4 cm³/mol. The van der Waals surface area contributed by atoms with Crippen LogP contribution in [0, 0.1) is 0 Å². The van der Waals surface area contributed by atoms with Gasteiger partial charge in [-0.05, 0) is 36.8 Å². The zero-order valence-corrected chi connectivity index (χ0v) is 15.0. The largest absolute Gasteiger partial charge is 0.378 e. The maximum atomic E-state index is 12.5. The number of hydrogen-bond donors (Lipinski definition) is 2. The molecule has 1 aromatic rings. The Morgan fingerprint density at radius 3 is 2.71 bits per heavy atom. The molecule has 0 bridgehead atoms. The Labute approximate surface area is 151 Å². The van der Waals surface area contributed by atoms with Gasteiger partial charge in [0.05, 0.1) is 23.9 Å². The average molecular weight is 370 g/mol. The fourth-order valence-electron chi connectivity index (χ4n) is 2.27. The molecule has 8 heteroatoms. The summed E-state index contributed by atoms with van der Waals surface area (Å²) in [6.07, 6.45) is 1.13. The Bertz CT molecular complexity index is 633. The zero-order valence-electron chi connectivity index (χ0n) is 13.4. The van der Waals surface area contributed by atoms with Gasteiger partial charge < -0.3 is 20.3 Å². The second-order valence-electron chi connectivity index (χ2n) is 5.35. The SMILES string of the molecule is CCCC(=O)NC(=S)Nc1cc(C(=O)N2CCOCC2)ccc1Cl. The van der Waals surface area contributed by atoms with E-state index in [4.69, 9.17) is 28.6 Å². The maximum Gasteiger partial charge on any atom is 0.254 e. The van der Waals surface area contributed by atoms with Crippen LogP contribution in [0.5, 0.6) is 0 Å². The van der Waals surface area contributed by atoms with Crippen molar-refractivity contribution in [3.8, 4) is 0 Å². The molecule has 2 N–H and O–H groups in total. The number of carbonyl (C=O) groups is 2. The van der Waals surface area contributed by atoms with Crippen molar-refractivity contribution in [2.75, 3.05) is 31.6 Å². The van der Waals surface area contributed by atoms with E-state index in [2.05, 4.69) is 10.6 Å². The molecule has 1 aromatic carbocycles. The van der Waals surface area contributed by atoms with E-state index in [9.17, 15) is 9.59 Å². The Balaban J connectivity index is 2.06. The van der Waals surface area contributed by atoms with Crippen LogP contribution < -0.4 is 10.6 Å². The lowest BCUT2D eigenvalue weighted by Crippen LogP contribution is -2.40. The van der Waals surface area contributed by atoms with Gasteiger partial charge in [0.25, 0.3) is 5.91 Å². The number of benzene rings is 1. The molecule has 1 aliphatic heterocycles. The van der Waals surface area contributed by atoms with E-state index in [0.29, 0.717) is 49.0 Å². The van der Waals surface area contributed by atoms with E-state index >= 15 is 0 Å². The van der Waals surface area contributed by atoms with Crippen molar-refractivity contribution in [3.05, 3.63) is 28.8 Å². The third kappa shape index (κ3) is 5.15. The number of ether oxygens (including phenoxy) is 1. The Kier molecular flexibility index (Phi) is 6.96. The molecule has 130 valence electrons. The summed E-state index contributed by atoms with van der Waals surface area (Å²) in [7, 11) is 0. The van der Waals surface area contributed by atoms with E-state index in [1.54, 1.807) is 23.1 Å². The molecule has 0 aromatic heterocycles. The van der Waals surface area contributed by atoms with Gasteiger partial charge in [0.1, 0.15) is 0 Å². The van der Waals surface area contributed by atoms with Crippen LogP contribution in [0.1, 0.15) is 30.1 Å². The number of carbonyl (C=O) groups excluding carboxylic acids is 2. The van der Waals surface area contributed by atoms with Crippen LogP contribution in [0.15, 0.2) is 18.2 Å². The number of thiocarbonyl (C=S) groups is 1. The van der Waals surface area contributed by atoms with E-state index in [0.717, 1.165) is 6.42 Å². The second-order valence-corrected chi connectivity index (χ2v) is 6.17. The molecule has 2 rings (SSSR count). The number of amides is 2. The standard InChI is InChI=1S/C16H20ClN3O3S/c1-2-3-14(21)19-16(24)18-13-10-11(4-5-12(13)17)15(22)20-6-8-23-9-7-20/h4-5,10H,2-3,6-9H2,1H3,(H2,18,19,21,24). The van der Waals surface area contributed by atoms with E-state index < -0.39 is 0 Å². The van der Waals surface area contributed by atoms with Gasteiger partial charge >= 0.3 is 0 Å². The quantitative estimate of drug-likeness (QED) is 0.797. The highest BCUT2D eigenvalue weighted by Crippen LogP contribution is 2.24. The lowest BCUT2D eigenvalue weighted by Gasteiger charge is -2.27. The number of nitrogens with zero attached hydrogens (tertiary/aromatic N) is 1. The molecule has 1 aliphatic rings. The minimum absolute atomic E-state index is 0.0843. The summed E-state index contributed by atoms with van der Waals surface area (Å²) in [5, 5.41) is 6.03. The van der Waals surface area contributed by atoms with E-state index in [-0.39, 0.29) is 16.9 Å². The summed E-state index contributed by atoms with van der Waals surface area (Å²) in [6, 6.07) is 4.94. The van der Waals surface area contributed by atoms with Crippen LogP contribution in [0.3, 0.4) is 0 Å². The molecule has 2 amide bonds. The normalized spacial score (nSPS) is 14.2. The van der Waals surface area contributed by atoms with Gasteiger partial charge in [0.2, 0.25) is 5.91 Å². The average Bonchev–Trinajstić information content (AvgIpc) is 2.57. The predicted octanol–water partition coefficient (Wildman–Crippen LogP) is 2.43. The molecular formula is C16H20ClN3O3S. The topological polar surface area (TPSA) is 70.7 Å². The van der Waals surface area contributed by atoms with Crippen LogP contribution in [0.2, 0.25) is 5.02 Å². The Morgan fingerprint density at radius 1 is 1.33 bits per heavy atom. The van der Waals surface area contributed by atoms with Crippen molar-refractivity contribution in [1.29, 1.82) is 0 Å². The second kappa shape index (κ2) is 8.96. The highest BCUT2D eigenvalue weighted by molar-refractivity contribution is 7.80. The third-order valence-corrected chi connectivity index (χ3v) is 4.02. The number of nitrogens with one attached hydrogen (secondary N) is 2. The van der Waals surface area contributed by atoms with Gasteiger partial charge in [-0.15, -0.1) is 0 Å². The summed E-state index contributed by atoms with van der Waals surface area (Å²) in [6.45, 7) is 4.12. The van der Waals surface area contributed by atoms with Gasteiger partial charge in [-0.25, -0.2) is 0 Å². The fourth-order valence-corrected chi connectivity index (χ4v) is 2.66. The van der Waals surface area contributed by atoms with Gasteiger partial charge in [0, 0.05) is 25.1 Å². The summed E-state index contributed by atoms with van der Waals surface area (Å²) in [5.41, 5.74) is 0.990. The molecule has 1 saturated heterocycles. The summed E-state index contributed by atoms with van der Waals surface area (Å²) in [4.78, 5) is 25.8. The Hall–Kier alpha value is -1.70. The van der Waals surface area contributed by atoms with Crippen molar-refractivity contribution < 1.29 is 14.3 Å². The number of morpholine rings is 1. The van der Waals surface area contributed by atoms with Crippen LogP contribution in [-0.2, 0) is 9.53 Å². The number of halogens is 1. The molecule has 0 saturated carbocycles. The van der Waals surface area contributed by atoms with Gasteiger partial charge in [0.15, 0.2) is 5.11 Å². The molecule has 6 nitrogen and oxygen atoms in total. The third-order valence-electron chi connectivity index (χ3n) is 3.49. The first kappa shape index (κ1) is 18.6. The molecule has 0 aliphatic carbocycles. The van der Waals surface area contributed by atoms with Crippen LogP contribution in [0.25, 0.3) is 0 Å². The molecule has 1 fully saturated rings. The number of hydrogen-bond acceptors (Lipinski definition) is 4. The van der Waals surface area contributed by atoms with E-state index in [1.807, 2.05) is 6.92 Å². The smallest absolute Gasteiger partial charge is 0.254 e. The zero-order chi connectivity index (χ0) is 17.5. The molecule has 0 radical (unpaired) electrons. The molecule has 0 atom stereocenters. The van der Waals surface area contributed by atoms with Gasteiger partial charge in [-0.3, -0.25) is 9.59 Å². The fraction of sp³-hybridized carbons (Fsp3) is 0.438. The number of rotatable bonds is 4. The molecule has 24 heavy (non-hydrogen) atoms. The van der Waals surface area contributed by atoms with Crippen LogP contribution in [-0.4, -0.2) is 48.1 Å². The van der Waals surface area contributed by atoms with Crippen LogP contribution in [0.4, 0.5) is 5.69 Å². The van der Waals surface area contributed by atoms with Crippen LogP contribution >= 0.6 is 23.8 Å². The first-order valence-corrected chi connectivity index (χ1v) is 8.57. The van der Waals surface area contributed by atoms with Crippen molar-refractivity contribution in [2.24, 2.45) is 0 Å². The first-order chi connectivity index (χ1) is 11.5. The molecule has 0 unspecified atom stereocenters.